The van der Waals surface area contributed by atoms with Crippen molar-refractivity contribution in [1.82, 2.24) is 10.2 Å². The van der Waals surface area contributed by atoms with Gasteiger partial charge in [-0.2, -0.15) is 0 Å². The topological polar surface area (TPSA) is 96.0 Å². The molecule has 3 aromatic carbocycles. The SMILES string of the molecule is COc1ccc(CN(C(=O)CN(c2ccccc2)S(=O)(=O)c2ccc(F)cc2)[C@H](C)C(=O)NC(C)C)cc1. The second-order valence-corrected chi connectivity index (χ2v) is 10.9. The lowest BCUT2D eigenvalue weighted by Gasteiger charge is -2.32. The fraction of sp³-hybridized carbons (Fsp3) is 0.286. The third kappa shape index (κ3) is 7.10. The molecule has 3 rings (SSSR count). The number of sulfonamides is 1. The number of hydrogen-bond acceptors (Lipinski definition) is 5. The fourth-order valence-electron chi connectivity index (χ4n) is 3.77. The van der Waals surface area contributed by atoms with E-state index in [1.165, 1.54) is 4.90 Å². The molecule has 0 radical (unpaired) electrons. The van der Waals surface area contributed by atoms with Crippen LogP contribution in [0.2, 0.25) is 0 Å². The van der Waals surface area contributed by atoms with Crippen LogP contribution in [0, 0.1) is 5.82 Å². The van der Waals surface area contributed by atoms with Gasteiger partial charge in [-0.25, -0.2) is 12.8 Å². The van der Waals surface area contributed by atoms with Crippen LogP contribution in [0.4, 0.5) is 10.1 Å². The Hall–Kier alpha value is -3.92. The van der Waals surface area contributed by atoms with E-state index in [0.29, 0.717) is 5.75 Å². The summed E-state index contributed by atoms with van der Waals surface area (Å²) in [5.41, 5.74) is 0.991. The predicted molar refractivity (Wildman–Crippen MR) is 144 cm³/mol. The van der Waals surface area contributed by atoms with E-state index in [0.717, 1.165) is 34.1 Å². The van der Waals surface area contributed by atoms with E-state index in [1.54, 1.807) is 68.6 Å². The van der Waals surface area contributed by atoms with Crippen molar-refractivity contribution >= 4 is 27.5 Å². The number of methoxy groups -OCH3 is 1. The van der Waals surface area contributed by atoms with Gasteiger partial charge in [0.1, 0.15) is 24.2 Å². The fourth-order valence-corrected chi connectivity index (χ4v) is 5.19. The summed E-state index contributed by atoms with van der Waals surface area (Å²) in [6, 6.07) is 18.6. The quantitative estimate of drug-likeness (QED) is 0.396. The number of carbonyl (C=O) groups excluding carboxylic acids is 2. The summed E-state index contributed by atoms with van der Waals surface area (Å²) in [4.78, 5) is 27.9. The summed E-state index contributed by atoms with van der Waals surface area (Å²) >= 11 is 0. The number of amides is 2. The highest BCUT2D eigenvalue weighted by molar-refractivity contribution is 7.92. The van der Waals surface area contributed by atoms with Gasteiger partial charge in [0.25, 0.3) is 10.0 Å². The first kappa shape index (κ1) is 28.6. The number of carbonyl (C=O) groups is 2. The van der Waals surface area contributed by atoms with Crippen molar-refractivity contribution in [3.8, 4) is 5.75 Å². The zero-order valence-electron chi connectivity index (χ0n) is 21.8. The molecule has 0 aliphatic carbocycles. The highest BCUT2D eigenvalue weighted by Gasteiger charge is 2.32. The molecular formula is C28H32FN3O5S. The average Bonchev–Trinajstić information content (AvgIpc) is 2.90. The highest BCUT2D eigenvalue weighted by atomic mass is 32.2. The lowest BCUT2D eigenvalue weighted by Crippen LogP contribution is -2.52. The molecule has 0 saturated carbocycles. The molecule has 0 saturated heterocycles. The number of benzene rings is 3. The van der Waals surface area contributed by atoms with Crippen molar-refractivity contribution in [1.29, 1.82) is 0 Å². The molecule has 10 heteroatoms. The van der Waals surface area contributed by atoms with Gasteiger partial charge in [-0.3, -0.25) is 13.9 Å². The van der Waals surface area contributed by atoms with E-state index in [1.807, 2.05) is 13.8 Å². The van der Waals surface area contributed by atoms with Crippen molar-refractivity contribution in [2.24, 2.45) is 0 Å². The number of rotatable bonds is 11. The Morgan fingerprint density at radius 3 is 2.08 bits per heavy atom. The molecule has 0 spiro atoms. The minimum absolute atomic E-state index is 0.0642. The van der Waals surface area contributed by atoms with Crippen molar-refractivity contribution in [2.45, 2.75) is 44.3 Å². The zero-order chi connectivity index (χ0) is 27.9. The lowest BCUT2D eigenvalue weighted by molar-refractivity contribution is -0.139. The minimum Gasteiger partial charge on any atom is -0.497 e. The van der Waals surface area contributed by atoms with Crippen molar-refractivity contribution in [3.05, 3.63) is 90.2 Å². The molecule has 0 aliphatic rings. The Morgan fingerprint density at radius 1 is 0.921 bits per heavy atom. The summed E-state index contributed by atoms with van der Waals surface area (Å²) in [5.74, 6) is -0.893. The van der Waals surface area contributed by atoms with E-state index in [9.17, 15) is 22.4 Å². The van der Waals surface area contributed by atoms with E-state index in [4.69, 9.17) is 4.74 Å². The first-order valence-corrected chi connectivity index (χ1v) is 13.5. The van der Waals surface area contributed by atoms with Crippen LogP contribution < -0.4 is 14.4 Å². The Labute approximate surface area is 223 Å². The number of nitrogens with one attached hydrogen (secondary N) is 1. The van der Waals surface area contributed by atoms with Crippen LogP contribution in [0.25, 0.3) is 0 Å². The summed E-state index contributed by atoms with van der Waals surface area (Å²) in [6.45, 7) is 4.72. The molecule has 0 unspecified atom stereocenters. The first-order valence-electron chi connectivity index (χ1n) is 12.1. The lowest BCUT2D eigenvalue weighted by atomic mass is 10.1. The van der Waals surface area contributed by atoms with Crippen LogP contribution in [-0.2, 0) is 26.2 Å². The van der Waals surface area contributed by atoms with Gasteiger partial charge < -0.3 is 15.0 Å². The van der Waals surface area contributed by atoms with Crippen LogP contribution in [0.5, 0.6) is 5.75 Å². The molecule has 202 valence electrons. The van der Waals surface area contributed by atoms with Gasteiger partial charge in [0.15, 0.2) is 0 Å². The Kier molecular flexibility index (Phi) is 9.46. The molecule has 1 N–H and O–H groups in total. The molecule has 1 atom stereocenters. The first-order chi connectivity index (χ1) is 18.0. The van der Waals surface area contributed by atoms with Gasteiger partial charge in [0.05, 0.1) is 17.7 Å². The molecule has 0 bridgehead atoms. The summed E-state index contributed by atoms with van der Waals surface area (Å²) < 4.78 is 46.9. The van der Waals surface area contributed by atoms with E-state index < -0.39 is 34.3 Å². The molecule has 0 fully saturated rings. The van der Waals surface area contributed by atoms with E-state index >= 15 is 0 Å². The largest absolute Gasteiger partial charge is 0.497 e. The average molecular weight is 542 g/mol. The molecule has 8 nitrogen and oxygen atoms in total. The van der Waals surface area contributed by atoms with Crippen LogP contribution in [0.1, 0.15) is 26.3 Å². The molecule has 0 aliphatic heterocycles. The Morgan fingerprint density at radius 2 is 1.53 bits per heavy atom. The van der Waals surface area contributed by atoms with Crippen molar-refractivity contribution in [2.75, 3.05) is 18.0 Å². The molecule has 2 amide bonds. The van der Waals surface area contributed by atoms with Gasteiger partial charge >= 0.3 is 0 Å². The van der Waals surface area contributed by atoms with Crippen LogP contribution in [-0.4, -0.2) is 50.9 Å². The van der Waals surface area contributed by atoms with Gasteiger partial charge in [0, 0.05) is 12.6 Å². The van der Waals surface area contributed by atoms with Crippen molar-refractivity contribution < 1.29 is 27.1 Å². The summed E-state index contributed by atoms with van der Waals surface area (Å²) in [6.07, 6.45) is 0. The monoisotopic (exact) mass is 541 g/mol. The number of nitrogens with zero attached hydrogens (tertiary/aromatic N) is 2. The maximum absolute atomic E-state index is 13.8. The number of halogens is 1. The second kappa shape index (κ2) is 12.6. The maximum atomic E-state index is 13.8. The molecule has 0 aromatic heterocycles. The highest BCUT2D eigenvalue weighted by Crippen LogP contribution is 2.25. The minimum atomic E-state index is -4.24. The van der Waals surface area contributed by atoms with Gasteiger partial charge in [-0.15, -0.1) is 0 Å². The van der Waals surface area contributed by atoms with Crippen LogP contribution in [0.15, 0.2) is 83.8 Å². The third-order valence-electron chi connectivity index (χ3n) is 5.83. The van der Waals surface area contributed by atoms with Gasteiger partial charge in [-0.05, 0) is 74.9 Å². The number of ether oxygens (including phenoxy) is 1. The van der Waals surface area contributed by atoms with Crippen LogP contribution in [0.3, 0.4) is 0 Å². The Balaban J connectivity index is 1.99. The smallest absolute Gasteiger partial charge is 0.264 e. The molecule has 0 heterocycles. The number of hydrogen-bond donors (Lipinski definition) is 1. The predicted octanol–water partition coefficient (Wildman–Crippen LogP) is 3.97. The van der Waals surface area contributed by atoms with Gasteiger partial charge in [0.2, 0.25) is 11.8 Å². The third-order valence-corrected chi connectivity index (χ3v) is 7.62. The normalized spacial score (nSPS) is 12.1. The zero-order valence-corrected chi connectivity index (χ0v) is 22.6. The molecule has 3 aromatic rings. The Bertz CT molecular complexity index is 1330. The number of anilines is 1. The summed E-state index contributed by atoms with van der Waals surface area (Å²) in [7, 11) is -2.70. The van der Waals surface area contributed by atoms with Crippen LogP contribution >= 0.6 is 0 Å². The van der Waals surface area contributed by atoms with E-state index in [2.05, 4.69) is 5.32 Å². The second-order valence-electron chi connectivity index (χ2n) is 9.01. The summed E-state index contributed by atoms with van der Waals surface area (Å²) in [5, 5.41) is 2.81. The van der Waals surface area contributed by atoms with E-state index in [-0.39, 0.29) is 29.1 Å². The van der Waals surface area contributed by atoms with Gasteiger partial charge in [-0.1, -0.05) is 30.3 Å². The standard InChI is InChI=1S/C28H32FN3O5S/c1-20(2)30-28(34)21(3)31(18-22-10-14-25(37-4)15-11-22)27(33)19-32(24-8-6-5-7-9-24)38(35,36)26-16-12-23(29)13-17-26/h5-17,20-21H,18-19H2,1-4H3,(H,30,34)/t21-/m1/s1. The maximum Gasteiger partial charge on any atom is 0.264 e. The molecular weight excluding hydrogens is 509 g/mol. The molecule has 38 heavy (non-hydrogen) atoms. The number of para-hydroxylation sites is 1. The van der Waals surface area contributed by atoms with Crippen molar-refractivity contribution in [3.63, 3.8) is 0 Å².